The van der Waals surface area contributed by atoms with E-state index in [0.29, 0.717) is 12.4 Å². The molecule has 88 valence electrons. The van der Waals surface area contributed by atoms with Gasteiger partial charge < -0.3 is 10.5 Å². The van der Waals surface area contributed by atoms with Gasteiger partial charge in [0.25, 0.3) is 0 Å². The molecule has 1 heterocycles. The molecule has 0 aliphatic carbocycles. The van der Waals surface area contributed by atoms with Gasteiger partial charge in [-0.25, -0.2) is 4.98 Å². The number of ether oxygens (including phenoxy) is 1. The fourth-order valence-electron chi connectivity index (χ4n) is 1.36. The predicted octanol–water partition coefficient (Wildman–Crippen LogP) is 3.21. The summed E-state index contributed by atoms with van der Waals surface area (Å²) in [6.07, 6.45) is 1.77. The highest BCUT2D eigenvalue weighted by atomic mass is 32.2. The van der Waals surface area contributed by atoms with Crippen molar-refractivity contribution in [3.8, 4) is 5.75 Å². The Kier molecular flexibility index (Phi) is 3.88. The number of rotatable bonds is 4. The van der Waals surface area contributed by atoms with Gasteiger partial charge >= 0.3 is 0 Å². The van der Waals surface area contributed by atoms with Crippen molar-refractivity contribution in [1.29, 1.82) is 0 Å². The van der Waals surface area contributed by atoms with Gasteiger partial charge in [0.05, 0.1) is 6.61 Å². The van der Waals surface area contributed by atoms with Crippen LogP contribution in [0, 0.1) is 0 Å². The Hall–Kier alpha value is -1.68. The Morgan fingerprint density at radius 1 is 1.12 bits per heavy atom. The molecule has 0 atom stereocenters. The molecule has 0 aliphatic rings. The number of hydrogen-bond donors (Lipinski definition) is 1. The number of nitrogens with zero attached hydrogens (tertiary/aromatic N) is 1. The smallest absolute Gasteiger partial charge is 0.123 e. The zero-order valence-electron chi connectivity index (χ0n) is 9.59. The summed E-state index contributed by atoms with van der Waals surface area (Å²) in [5, 5.41) is 0. The van der Waals surface area contributed by atoms with E-state index in [4.69, 9.17) is 10.5 Å². The lowest BCUT2D eigenvalue weighted by Gasteiger charge is -2.04. The van der Waals surface area contributed by atoms with Crippen molar-refractivity contribution in [2.75, 3.05) is 12.3 Å². The van der Waals surface area contributed by atoms with Gasteiger partial charge in [0.2, 0.25) is 0 Å². The van der Waals surface area contributed by atoms with E-state index in [1.165, 1.54) is 0 Å². The number of benzene rings is 1. The molecule has 0 saturated carbocycles. The first-order valence-electron chi connectivity index (χ1n) is 5.40. The highest BCUT2D eigenvalue weighted by molar-refractivity contribution is 7.99. The van der Waals surface area contributed by atoms with Gasteiger partial charge in [0.15, 0.2) is 0 Å². The summed E-state index contributed by atoms with van der Waals surface area (Å²) in [5.41, 5.74) is 5.54. The Morgan fingerprint density at radius 2 is 1.82 bits per heavy atom. The van der Waals surface area contributed by atoms with Gasteiger partial charge in [-0.15, -0.1) is 0 Å². The van der Waals surface area contributed by atoms with Crippen molar-refractivity contribution in [3.63, 3.8) is 0 Å². The molecule has 0 amide bonds. The minimum absolute atomic E-state index is 0.543. The monoisotopic (exact) mass is 246 g/mol. The lowest BCUT2D eigenvalue weighted by molar-refractivity contribution is 0.340. The van der Waals surface area contributed by atoms with Crippen LogP contribution in [0.3, 0.4) is 0 Å². The van der Waals surface area contributed by atoms with E-state index in [0.717, 1.165) is 15.5 Å². The summed E-state index contributed by atoms with van der Waals surface area (Å²) >= 11 is 1.65. The second-order valence-corrected chi connectivity index (χ2v) is 4.57. The topological polar surface area (TPSA) is 48.1 Å². The Bertz CT molecular complexity index is 468. The third-order valence-electron chi connectivity index (χ3n) is 2.13. The number of hydrogen-bond acceptors (Lipinski definition) is 4. The van der Waals surface area contributed by atoms with Gasteiger partial charge in [-0.1, -0.05) is 11.8 Å². The summed E-state index contributed by atoms with van der Waals surface area (Å²) in [7, 11) is 0. The highest BCUT2D eigenvalue weighted by Crippen LogP contribution is 2.28. The van der Waals surface area contributed by atoms with Crippen LogP contribution in [0.1, 0.15) is 6.92 Å². The van der Waals surface area contributed by atoms with Crippen molar-refractivity contribution in [1.82, 2.24) is 4.98 Å². The number of nitrogens with two attached hydrogens (primary N) is 1. The van der Waals surface area contributed by atoms with E-state index in [2.05, 4.69) is 4.98 Å². The van der Waals surface area contributed by atoms with E-state index >= 15 is 0 Å². The normalized spacial score (nSPS) is 10.2. The molecular formula is C13H14N2OS. The van der Waals surface area contributed by atoms with Crippen molar-refractivity contribution in [2.45, 2.75) is 16.7 Å². The molecule has 2 N–H and O–H groups in total. The second-order valence-electron chi connectivity index (χ2n) is 3.43. The molecule has 0 aliphatic heterocycles. The largest absolute Gasteiger partial charge is 0.494 e. The molecule has 2 rings (SSSR count). The fourth-order valence-corrected chi connectivity index (χ4v) is 2.14. The quantitative estimate of drug-likeness (QED) is 0.900. The van der Waals surface area contributed by atoms with E-state index < -0.39 is 0 Å². The average Bonchev–Trinajstić information content (AvgIpc) is 2.35. The Balaban J connectivity index is 2.05. The molecule has 0 unspecified atom stereocenters. The molecule has 0 radical (unpaired) electrons. The van der Waals surface area contributed by atoms with Crippen LogP contribution in [0.25, 0.3) is 0 Å². The van der Waals surface area contributed by atoms with Crippen LogP contribution in [-0.2, 0) is 0 Å². The maximum Gasteiger partial charge on any atom is 0.123 e. The van der Waals surface area contributed by atoms with Crippen LogP contribution in [0.4, 0.5) is 5.82 Å². The van der Waals surface area contributed by atoms with E-state index in [-0.39, 0.29) is 0 Å². The third kappa shape index (κ3) is 3.39. The lowest BCUT2D eigenvalue weighted by atomic mass is 10.3. The molecule has 1 aromatic carbocycles. The molecule has 4 heteroatoms. The van der Waals surface area contributed by atoms with E-state index in [1.54, 1.807) is 24.0 Å². The zero-order valence-corrected chi connectivity index (χ0v) is 10.4. The first kappa shape index (κ1) is 11.8. The predicted molar refractivity (Wildman–Crippen MR) is 70.4 cm³/mol. The average molecular weight is 246 g/mol. The van der Waals surface area contributed by atoms with Gasteiger partial charge in [0.1, 0.15) is 11.6 Å². The summed E-state index contributed by atoms with van der Waals surface area (Å²) in [4.78, 5) is 6.28. The van der Waals surface area contributed by atoms with Crippen LogP contribution >= 0.6 is 11.8 Å². The molecule has 3 nitrogen and oxygen atoms in total. The van der Waals surface area contributed by atoms with E-state index in [1.807, 2.05) is 37.3 Å². The van der Waals surface area contributed by atoms with Gasteiger partial charge in [-0.3, -0.25) is 0 Å². The molecule has 0 saturated heterocycles. The van der Waals surface area contributed by atoms with Crippen molar-refractivity contribution < 1.29 is 4.74 Å². The van der Waals surface area contributed by atoms with Crippen molar-refractivity contribution in [2.24, 2.45) is 0 Å². The number of aromatic nitrogens is 1. The van der Waals surface area contributed by atoms with Crippen LogP contribution in [0.5, 0.6) is 5.75 Å². The van der Waals surface area contributed by atoms with Crippen molar-refractivity contribution >= 4 is 17.6 Å². The fraction of sp³-hybridized carbons (Fsp3) is 0.154. The number of anilines is 1. The molecule has 17 heavy (non-hydrogen) atoms. The SMILES string of the molecule is CCOc1ccc(Sc2ccc(N)nc2)cc1. The minimum atomic E-state index is 0.543. The molecule has 1 aromatic heterocycles. The summed E-state index contributed by atoms with van der Waals surface area (Å²) in [6.45, 7) is 2.66. The lowest BCUT2D eigenvalue weighted by Crippen LogP contribution is -1.90. The summed E-state index contributed by atoms with van der Waals surface area (Å²) < 4.78 is 5.39. The van der Waals surface area contributed by atoms with Gasteiger partial charge in [-0.05, 0) is 43.3 Å². The van der Waals surface area contributed by atoms with Crippen molar-refractivity contribution in [3.05, 3.63) is 42.6 Å². The zero-order chi connectivity index (χ0) is 12.1. The van der Waals surface area contributed by atoms with Gasteiger partial charge in [-0.2, -0.15) is 0 Å². The Morgan fingerprint density at radius 3 is 2.41 bits per heavy atom. The third-order valence-corrected chi connectivity index (χ3v) is 3.11. The van der Waals surface area contributed by atoms with Crippen LogP contribution < -0.4 is 10.5 Å². The maximum absolute atomic E-state index is 5.54. The molecule has 0 bridgehead atoms. The molecule has 0 fully saturated rings. The van der Waals surface area contributed by atoms with Crippen LogP contribution in [-0.4, -0.2) is 11.6 Å². The Labute approximate surface area is 105 Å². The van der Waals surface area contributed by atoms with Crippen LogP contribution in [0.2, 0.25) is 0 Å². The van der Waals surface area contributed by atoms with Crippen LogP contribution in [0.15, 0.2) is 52.4 Å². The van der Waals surface area contributed by atoms with Gasteiger partial charge in [0, 0.05) is 16.0 Å². The second kappa shape index (κ2) is 5.59. The minimum Gasteiger partial charge on any atom is -0.494 e. The summed E-state index contributed by atoms with van der Waals surface area (Å²) in [6, 6.07) is 11.8. The molecule has 0 spiro atoms. The standard InChI is InChI=1S/C13H14N2OS/c1-2-16-10-3-5-11(6-4-10)17-12-7-8-13(14)15-9-12/h3-9H,2H2,1H3,(H2,14,15). The number of nitrogen functional groups attached to an aromatic ring is 1. The number of pyridine rings is 1. The highest BCUT2D eigenvalue weighted by Gasteiger charge is 1.98. The molecular weight excluding hydrogens is 232 g/mol. The first-order valence-corrected chi connectivity index (χ1v) is 6.22. The maximum atomic E-state index is 5.54. The summed E-state index contributed by atoms with van der Waals surface area (Å²) in [5.74, 6) is 1.44. The first-order chi connectivity index (χ1) is 8.28. The molecule has 2 aromatic rings. The van der Waals surface area contributed by atoms with E-state index in [9.17, 15) is 0 Å².